The zero-order chi connectivity index (χ0) is 13.7. The Kier molecular flexibility index (Phi) is 4.93. The van der Waals surface area contributed by atoms with E-state index in [1.54, 1.807) is 0 Å². The summed E-state index contributed by atoms with van der Waals surface area (Å²) in [6.45, 7) is 0.0209. The van der Waals surface area contributed by atoms with Crippen LogP contribution in [0, 0.1) is 5.92 Å². The largest absolute Gasteiger partial charge is 0.396 e. The molecular weight excluding hydrogens is 242 g/mol. The van der Waals surface area contributed by atoms with Gasteiger partial charge in [-0.1, -0.05) is 30.3 Å². The predicted molar refractivity (Wildman–Crippen MR) is 72.4 cm³/mol. The molecule has 1 aliphatic rings. The molecule has 2 rings (SSSR count). The van der Waals surface area contributed by atoms with E-state index in [9.17, 15) is 9.90 Å². The zero-order valence-electron chi connectivity index (χ0n) is 11.0. The molecular formula is C15H21NO3. The number of aliphatic hydroxyl groups is 2. The monoisotopic (exact) mass is 263 g/mol. The Labute approximate surface area is 113 Å². The minimum Gasteiger partial charge on any atom is -0.396 e. The van der Waals surface area contributed by atoms with Crippen molar-refractivity contribution in [1.82, 2.24) is 5.32 Å². The molecule has 1 amide bonds. The van der Waals surface area contributed by atoms with Crippen molar-refractivity contribution in [3.63, 3.8) is 0 Å². The second-order valence-corrected chi connectivity index (χ2v) is 5.09. The van der Waals surface area contributed by atoms with E-state index in [0.29, 0.717) is 12.8 Å². The summed E-state index contributed by atoms with van der Waals surface area (Å²) in [5.74, 6) is -0.405. The first kappa shape index (κ1) is 14.0. The molecule has 0 bridgehead atoms. The molecule has 3 atom stereocenters. The molecule has 4 heteroatoms. The van der Waals surface area contributed by atoms with Crippen LogP contribution in [0.3, 0.4) is 0 Å². The summed E-state index contributed by atoms with van der Waals surface area (Å²) in [6.07, 6.45) is 2.31. The van der Waals surface area contributed by atoms with Crippen LogP contribution in [0.1, 0.15) is 37.3 Å². The first-order valence-corrected chi connectivity index (χ1v) is 6.86. The van der Waals surface area contributed by atoms with Crippen LogP contribution in [0.15, 0.2) is 30.3 Å². The molecule has 0 radical (unpaired) electrons. The molecule has 4 nitrogen and oxygen atoms in total. The van der Waals surface area contributed by atoms with Crippen molar-refractivity contribution in [2.75, 3.05) is 6.61 Å². The molecule has 1 saturated carbocycles. The quantitative estimate of drug-likeness (QED) is 0.752. The maximum absolute atomic E-state index is 12.2. The van der Waals surface area contributed by atoms with Gasteiger partial charge >= 0.3 is 0 Å². The van der Waals surface area contributed by atoms with E-state index in [2.05, 4.69) is 5.32 Å². The van der Waals surface area contributed by atoms with E-state index in [1.165, 1.54) is 0 Å². The summed E-state index contributed by atoms with van der Waals surface area (Å²) in [5.41, 5.74) is 0.984. The number of amides is 1. The molecule has 0 saturated heterocycles. The van der Waals surface area contributed by atoms with Crippen molar-refractivity contribution < 1.29 is 15.0 Å². The summed E-state index contributed by atoms with van der Waals surface area (Å²) in [5, 5.41) is 21.8. The van der Waals surface area contributed by atoms with Gasteiger partial charge in [0.15, 0.2) is 0 Å². The molecule has 0 aliphatic heterocycles. The van der Waals surface area contributed by atoms with Crippen LogP contribution in [0.25, 0.3) is 0 Å². The van der Waals surface area contributed by atoms with E-state index in [-0.39, 0.29) is 24.5 Å². The Hall–Kier alpha value is -1.39. The lowest BCUT2D eigenvalue weighted by molar-refractivity contribution is -0.128. The van der Waals surface area contributed by atoms with E-state index in [4.69, 9.17) is 5.11 Å². The number of carbonyl (C=O) groups excluding carboxylic acids is 1. The summed E-state index contributed by atoms with van der Waals surface area (Å²) in [6, 6.07) is 9.43. The van der Waals surface area contributed by atoms with Crippen molar-refractivity contribution in [2.45, 2.75) is 37.8 Å². The molecule has 0 heterocycles. The van der Waals surface area contributed by atoms with Gasteiger partial charge in [-0.15, -0.1) is 0 Å². The molecule has 3 N–H and O–H groups in total. The van der Waals surface area contributed by atoms with Crippen molar-refractivity contribution >= 4 is 5.91 Å². The van der Waals surface area contributed by atoms with E-state index in [0.717, 1.165) is 18.4 Å². The fraction of sp³-hybridized carbons (Fsp3) is 0.533. The van der Waals surface area contributed by atoms with Gasteiger partial charge < -0.3 is 15.5 Å². The summed E-state index contributed by atoms with van der Waals surface area (Å²) in [4.78, 5) is 12.2. The third-order valence-corrected chi connectivity index (χ3v) is 3.75. The van der Waals surface area contributed by atoms with Crippen LogP contribution >= 0.6 is 0 Å². The average Bonchev–Trinajstić information content (AvgIpc) is 2.85. The lowest BCUT2D eigenvalue weighted by atomic mass is 10.0. The highest BCUT2D eigenvalue weighted by molar-refractivity contribution is 5.80. The van der Waals surface area contributed by atoms with Gasteiger partial charge in [0.1, 0.15) is 0 Å². The number of carbonyl (C=O) groups is 1. The first-order valence-electron chi connectivity index (χ1n) is 6.86. The Morgan fingerprint density at radius 1 is 1.32 bits per heavy atom. The minimum atomic E-state index is -0.523. The van der Waals surface area contributed by atoms with Crippen LogP contribution < -0.4 is 5.32 Å². The van der Waals surface area contributed by atoms with Crippen LogP contribution in [0.5, 0.6) is 0 Å². The highest BCUT2D eigenvalue weighted by atomic mass is 16.3. The zero-order valence-corrected chi connectivity index (χ0v) is 11.0. The van der Waals surface area contributed by atoms with E-state index < -0.39 is 6.10 Å². The molecule has 1 aromatic rings. The number of nitrogens with one attached hydrogen (secondary N) is 1. The summed E-state index contributed by atoms with van der Waals surface area (Å²) >= 11 is 0. The van der Waals surface area contributed by atoms with Crippen molar-refractivity contribution in [1.29, 1.82) is 0 Å². The fourth-order valence-electron chi connectivity index (χ4n) is 2.66. The number of hydrogen-bond acceptors (Lipinski definition) is 3. The number of hydrogen-bond donors (Lipinski definition) is 3. The van der Waals surface area contributed by atoms with Gasteiger partial charge in [-0.25, -0.2) is 0 Å². The summed E-state index contributed by atoms with van der Waals surface area (Å²) in [7, 11) is 0. The Balaban J connectivity index is 2.02. The van der Waals surface area contributed by atoms with Gasteiger partial charge in [0.05, 0.1) is 18.1 Å². The highest BCUT2D eigenvalue weighted by Gasteiger charge is 2.32. The molecule has 3 unspecified atom stereocenters. The Morgan fingerprint density at radius 3 is 2.63 bits per heavy atom. The van der Waals surface area contributed by atoms with Gasteiger partial charge in [0.25, 0.3) is 0 Å². The van der Waals surface area contributed by atoms with Crippen molar-refractivity contribution in [3.05, 3.63) is 35.9 Å². The smallest absolute Gasteiger partial charge is 0.226 e. The topological polar surface area (TPSA) is 69.6 Å². The fourth-order valence-corrected chi connectivity index (χ4v) is 2.66. The minimum absolute atomic E-state index is 0.0209. The third kappa shape index (κ3) is 3.55. The van der Waals surface area contributed by atoms with Crippen LogP contribution in [0.2, 0.25) is 0 Å². The van der Waals surface area contributed by atoms with Crippen LogP contribution in [-0.2, 0) is 4.79 Å². The maximum Gasteiger partial charge on any atom is 0.226 e. The van der Waals surface area contributed by atoms with Gasteiger partial charge in [0.2, 0.25) is 5.91 Å². The van der Waals surface area contributed by atoms with Gasteiger partial charge in [-0.3, -0.25) is 4.79 Å². The van der Waals surface area contributed by atoms with Crippen LogP contribution in [0.4, 0.5) is 0 Å². The van der Waals surface area contributed by atoms with E-state index >= 15 is 0 Å². The number of aliphatic hydroxyl groups excluding tert-OH is 2. The van der Waals surface area contributed by atoms with Gasteiger partial charge in [-0.2, -0.15) is 0 Å². The normalized spacial score (nSPS) is 24.1. The standard InChI is InChI=1S/C15H21NO3/c17-10-9-13(11-5-2-1-3-6-11)16-15(19)12-7-4-8-14(12)18/h1-3,5-6,12-14,17-18H,4,7-10H2,(H,16,19). The van der Waals surface area contributed by atoms with Gasteiger partial charge in [0, 0.05) is 6.61 Å². The predicted octanol–water partition coefficient (Wildman–Crippen LogP) is 1.39. The molecule has 0 spiro atoms. The maximum atomic E-state index is 12.2. The second-order valence-electron chi connectivity index (χ2n) is 5.09. The molecule has 19 heavy (non-hydrogen) atoms. The molecule has 1 aromatic carbocycles. The van der Waals surface area contributed by atoms with Crippen LogP contribution in [-0.4, -0.2) is 28.8 Å². The molecule has 0 aromatic heterocycles. The third-order valence-electron chi connectivity index (χ3n) is 3.75. The van der Waals surface area contributed by atoms with Crippen molar-refractivity contribution in [2.24, 2.45) is 5.92 Å². The summed E-state index contributed by atoms with van der Waals surface area (Å²) < 4.78 is 0. The van der Waals surface area contributed by atoms with Crippen molar-refractivity contribution in [3.8, 4) is 0 Å². The lowest BCUT2D eigenvalue weighted by Crippen LogP contribution is -2.37. The Bertz CT molecular complexity index is 407. The molecule has 1 aliphatic carbocycles. The van der Waals surface area contributed by atoms with Gasteiger partial charge in [-0.05, 0) is 31.2 Å². The first-order chi connectivity index (χ1) is 9.22. The molecule has 1 fully saturated rings. The number of rotatable bonds is 5. The lowest BCUT2D eigenvalue weighted by Gasteiger charge is -2.22. The SMILES string of the molecule is O=C(NC(CCO)c1ccccc1)C1CCCC1O. The molecule has 104 valence electrons. The second kappa shape index (κ2) is 6.68. The Morgan fingerprint density at radius 2 is 2.05 bits per heavy atom. The highest BCUT2D eigenvalue weighted by Crippen LogP contribution is 2.27. The van der Waals surface area contributed by atoms with E-state index in [1.807, 2.05) is 30.3 Å². The average molecular weight is 263 g/mol. The number of benzene rings is 1.